The molecule has 108 valence electrons. The summed E-state index contributed by atoms with van der Waals surface area (Å²) in [4.78, 5) is 0. The fraction of sp³-hybridized carbons (Fsp3) is 1.00. The molecule has 0 spiro atoms. The molecule has 1 aliphatic rings. The summed E-state index contributed by atoms with van der Waals surface area (Å²) >= 11 is 5.91. The van der Waals surface area contributed by atoms with E-state index in [-0.39, 0.29) is 6.04 Å². The molecule has 0 saturated carbocycles. The molecular formula is C12H25ClN2O2S. The maximum atomic E-state index is 12.6. The quantitative estimate of drug-likeness (QED) is 0.706. The Kier molecular flexibility index (Phi) is 6.38. The van der Waals surface area contributed by atoms with Gasteiger partial charge in [0, 0.05) is 31.6 Å². The number of hydrogen-bond donors (Lipinski definition) is 0. The van der Waals surface area contributed by atoms with Gasteiger partial charge in [-0.05, 0) is 18.8 Å². The fourth-order valence-corrected chi connectivity index (χ4v) is 4.80. The number of hydrogen-bond acceptors (Lipinski definition) is 2. The van der Waals surface area contributed by atoms with E-state index in [1.165, 1.54) is 0 Å². The van der Waals surface area contributed by atoms with E-state index in [0.29, 0.717) is 31.4 Å². The minimum Gasteiger partial charge on any atom is -0.195 e. The molecule has 0 aromatic carbocycles. The van der Waals surface area contributed by atoms with Crippen LogP contribution in [0.1, 0.15) is 40.0 Å². The van der Waals surface area contributed by atoms with E-state index in [9.17, 15) is 8.42 Å². The van der Waals surface area contributed by atoms with Crippen LogP contribution in [0.2, 0.25) is 0 Å². The normalized spacial score (nSPS) is 22.9. The molecule has 1 aliphatic heterocycles. The predicted octanol–water partition coefficient (Wildman–Crippen LogP) is 2.30. The lowest BCUT2D eigenvalue weighted by molar-refractivity contribution is 0.243. The minimum atomic E-state index is -3.35. The van der Waals surface area contributed by atoms with E-state index in [1.807, 2.05) is 20.8 Å². The summed E-state index contributed by atoms with van der Waals surface area (Å²) in [5.74, 6) is 0.720. The van der Waals surface area contributed by atoms with Crippen molar-refractivity contribution in [1.82, 2.24) is 8.61 Å². The number of piperidine rings is 1. The van der Waals surface area contributed by atoms with Crippen LogP contribution in [0, 0.1) is 5.92 Å². The molecule has 4 nitrogen and oxygen atoms in total. The third-order valence-corrected chi connectivity index (χ3v) is 5.78. The Bertz CT molecular complexity index is 346. The fourth-order valence-electron chi connectivity index (χ4n) is 2.37. The second-order valence-corrected chi connectivity index (χ2v) is 7.46. The van der Waals surface area contributed by atoms with Gasteiger partial charge >= 0.3 is 0 Å². The highest BCUT2D eigenvalue weighted by molar-refractivity contribution is 7.86. The molecule has 1 atom stereocenters. The Morgan fingerprint density at radius 2 is 2.06 bits per heavy atom. The van der Waals surface area contributed by atoms with E-state index in [0.717, 1.165) is 19.3 Å². The largest absolute Gasteiger partial charge is 0.282 e. The van der Waals surface area contributed by atoms with Gasteiger partial charge in [-0.3, -0.25) is 0 Å². The van der Waals surface area contributed by atoms with Crippen molar-refractivity contribution < 1.29 is 8.42 Å². The van der Waals surface area contributed by atoms with Crippen LogP contribution in [-0.4, -0.2) is 48.6 Å². The topological polar surface area (TPSA) is 40.6 Å². The first-order chi connectivity index (χ1) is 8.43. The number of halogens is 1. The van der Waals surface area contributed by atoms with Crippen LogP contribution in [0.15, 0.2) is 0 Å². The molecule has 0 radical (unpaired) electrons. The molecule has 0 aliphatic carbocycles. The van der Waals surface area contributed by atoms with E-state index < -0.39 is 10.2 Å². The molecule has 0 aromatic heterocycles. The lowest BCUT2D eigenvalue weighted by Gasteiger charge is -2.37. The van der Waals surface area contributed by atoms with Gasteiger partial charge in [0.2, 0.25) is 0 Å². The third kappa shape index (κ3) is 3.83. The summed E-state index contributed by atoms with van der Waals surface area (Å²) in [7, 11) is -3.35. The smallest absolute Gasteiger partial charge is 0.195 e. The molecule has 1 unspecified atom stereocenters. The highest BCUT2D eigenvalue weighted by Gasteiger charge is 2.35. The van der Waals surface area contributed by atoms with Crippen LogP contribution < -0.4 is 0 Å². The van der Waals surface area contributed by atoms with Gasteiger partial charge < -0.3 is 0 Å². The Morgan fingerprint density at radius 3 is 2.56 bits per heavy atom. The van der Waals surface area contributed by atoms with Crippen LogP contribution in [0.3, 0.4) is 0 Å². The van der Waals surface area contributed by atoms with Crippen molar-refractivity contribution in [1.29, 1.82) is 0 Å². The van der Waals surface area contributed by atoms with Gasteiger partial charge in [0.05, 0.1) is 0 Å². The van der Waals surface area contributed by atoms with Gasteiger partial charge in [0.1, 0.15) is 0 Å². The number of alkyl halides is 1. The molecule has 18 heavy (non-hydrogen) atoms. The number of rotatable bonds is 6. The van der Waals surface area contributed by atoms with Gasteiger partial charge in [-0.1, -0.05) is 27.2 Å². The second kappa shape index (κ2) is 7.08. The SMILES string of the molecule is CCN(CC(C)C)S(=O)(=O)N1CCCCC1CCl. The molecule has 0 bridgehead atoms. The van der Waals surface area contributed by atoms with Gasteiger partial charge in [-0.2, -0.15) is 17.0 Å². The molecule has 1 rings (SSSR count). The van der Waals surface area contributed by atoms with Crippen molar-refractivity contribution in [2.45, 2.75) is 46.1 Å². The molecule has 0 aromatic rings. The van der Waals surface area contributed by atoms with Crippen molar-refractivity contribution in [2.75, 3.05) is 25.5 Å². The van der Waals surface area contributed by atoms with Crippen molar-refractivity contribution in [2.24, 2.45) is 5.92 Å². The maximum absolute atomic E-state index is 12.6. The first kappa shape index (κ1) is 16.2. The van der Waals surface area contributed by atoms with E-state index in [4.69, 9.17) is 11.6 Å². The summed E-state index contributed by atoms with van der Waals surface area (Å²) < 4.78 is 28.4. The highest BCUT2D eigenvalue weighted by Crippen LogP contribution is 2.23. The zero-order valence-corrected chi connectivity index (χ0v) is 13.2. The van der Waals surface area contributed by atoms with Crippen LogP contribution in [0.5, 0.6) is 0 Å². The minimum absolute atomic E-state index is 0.0355. The Labute approximate surface area is 116 Å². The van der Waals surface area contributed by atoms with Gasteiger partial charge in [-0.15, -0.1) is 11.6 Å². The lowest BCUT2D eigenvalue weighted by atomic mass is 10.1. The maximum Gasteiger partial charge on any atom is 0.282 e. The Balaban J connectivity index is 2.87. The second-order valence-electron chi connectivity index (χ2n) is 5.27. The van der Waals surface area contributed by atoms with Crippen LogP contribution in [0.4, 0.5) is 0 Å². The van der Waals surface area contributed by atoms with Crippen LogP contribution in [-0.2, 0) is 10.2 Å². The monoisotopic (exact) mass is 296 g/mol. The van der Waals surface area contributed by atoms with Crippen molar-refractivity contribution >= 4 is 21.8 Å². The summed E-state index contributed by atoms with van der Waals surface area (Å²) in [6.07, 6.45) is 2.88. The lowest BCUT2D eigenvalue weighted by Crippen LogP contribution is -2.52. The van der Waals surface area contributed by atoms with E-state index in [1.54, 1.807) is 8.61 Å². The van der Waals surface area contributed by atoms with Crippen LogP contribution in [0.25, 0.3) is 0 Å². The third-order valence-electron chi connectivity index (χ3n) is 3.30. The first-order valence-electron chi connectivity index (χ1n) is 6.76. The standard InChI is InChI=1S/C12H25ClN2O2S/c1-4-14(10-11(2)3)18(16,17)15-8-6-5-7-12(15)9-13/h11-12H,4-10H2,1-3H3. The summed E-state index contributed by atoms with van der Waals surface area (Å²) in [5.41, 5.74) is 0. The van der Waals surface area contributed by atoms with Gasteiger partial charge in [0.25, 0.3) is 10.2 Å². The van der Waals surface area contributed by atoms with Gasteiger partial charge in [-0.25, -0.2) is 0 Å². The zero-order valence-electron chi connectivity index (χ0n) is 11.6. The van der Waals surface area contributed by atoms with E-state index in [2.05, 4.69) is 0 Å². The van der Waals surface area contributed by atoms with Crippen molar-refractivity contribution in [3.05, 3.63) is 0 Å². The van der Waals surface area contributed by atoms with E-state index >= 15 is 0 Å². The van der Waals surface area contributed by atoms with Crippen molar-refractivity contribution in [3.63, 3.8) is 0 Å². The molecule has 0 N–H and O–H groups in total. The zero-order chi connectivity index (χ0) is 13.8. The first-order valence-corrected chi connectivity index (χ1v) is 8.69. The van der Waals surface area contributed by atoms with Crippen molar-refractivity contribution in [3.8, 4) is 0 Å². The predicted molar refractivity (Wildman–Crippen MR) is 76.1 cm³/mol. The molecule has 6 heteroatoms. The summed E-state index contributed by atoms with van der Waals surface area (Å²) in [6.45, 7) is 7.66. The van der Waals surface area contributed by atoms with Crippen LogP contribution >= 0.6 is 11.6 Å². The summed E-state index contributed by atoms with van der Waals surface area (Å²) in [6, 6.07) is -0.0355. The molecule has 1 heterocycles. The van der Waals surface area contributed by atoms with Gasteiger partial charge in [0.15, 0.2) is 0 Å². The molecule has 1 fully saturated rings. The molecular weight excluding hydrogens is 272 g/mol. The Hall–Kier alpha value is 0.160. The summed E-state index contributed by atoms with van der Waals surface area (Å²) in [5, 5.41) is 0. The Morgan fingerprint density at radius 1 is 1.39 bits per heavy atom. The number of nitrogens with zero attached hydrogens (tertiary/aromatic N) is 2. The average Bonchev–Trinajstić information content (AvgIpc) is 2.35. The highest BCUT2D eigenvalue weighted by atomic mass is 35.5. The molecule has 0 amide bonds. The average molecular weight is 297 g/mol. The molecule has 1 saturated heterocycles.